The molecule has 1 fully saturated rings. The molecule has 0 atom stereocenters. The van der Waals surface area contributed by atoms with Crippen molar-refractivity contribution in [2.45, 2.75) is 19.5 Å². The van der Waals surface area contributed by atoms with Crippen molar-refractivity contribution < 1.29 is 0 Å². The Morgan fingerprint density at radius 2 is 1.57 bits per heavy atom. The second-order valence-corrected chi connectivity index (χ2v) is 8.48. The molecule has 0 aliphatic carbocycles. The molecule has 2 aliphatic rings. The van der Waals surface area contributed by atoms with Crippen LogP contribution in [0.2, 0.25) is 5.02 Å². The van der Waals surface area contributed by atoms with E-state index in [0.717, 1.165) is 63.2 Å². The summed E-state index contributed by atoms with van der Waals surface area (Å²) in [7, 11) is 0. The molecular weight excluding hydrogens is 394 g/mol. The third-order valence-corrected chi connectivity index (χ3v) is 6.26. The van der Waals surface area contributed by atoms with Gasteiger partial charge in [-0.2, -0.15) is 0 Å². The maximum Gasteiger partial charge on any atom is 0.225 e. The summed E-state index contributed by atoms with van der Waals surface area (Å²) < 4.78 is 0. The van der Waals surface area contributed by atoms with Gasteiger partial charge in [-0.25, -0.2) is 9.97 Å². The van der Waals surface area contributed by atoms with E-state index >= 15 is 0 Å². The van der Waals surface area contributed by atoms with Crippen LogP contribution in [0.5, 0.6) is 0 Å². The highest BCUT2D eigenvalue weighted by Gasteiger charge is 2.23. The molecule has 2 aromatic carbocycles. The number of benzene rings is 2. The fourth-order valence-corrected chi connectivity index (χ4v) is 4.43. The standard InChI is InChI=1S/C24H26ClN5/c25-21-8-6-19(7-9-21)17-28-11-10-23-20(18-28)16-26-24(27-23)30-14-12-29(13-15-30)22-4-2-1-3-5-22/h1-9,16H,10-15,17-18H2. The minimum absolute atomic E-state index is 0.785. The number of anilines is 2. The molecule has 0 bridgehead atoms. The lowest BCUT2D eigenvalue weighted by Gasteiger charge is -2.36. The van der Waals surface area contributed by atoms with Gasteiger partial charge in [0.15, 0.2) is 0 Å². The first-order valence-corrected chi connectivity index (χ1v) is 11.0. The second kappa shape index (κ2) is 8.62. The Morgan fingerprint density at radius 3 is 2.33 bits per heavy atom. The number of para-hydroxylation sites is 1. The first kappa shape index (κ1) is 19.3. The monoisotopic (exact) mass is 419 g/mol. The summed E-state index contributed by atoms with van der Waals surface area (Å²) in [6.07, 6.45) is 3.01. The maximum absolute atomic E-state index is 6.00. The summed E-state index contributed by atoms with van der Waals surface area (Å²) in [5.41, 5.74) is 5.04. The normalized spacial score (nSPS) is 17.1. The van der Waals surface area contributed by atoms with Gasteiger partial charge >= 0.3 is 0 Å². The third kappa shape index (κ3) is 4.27. The van der Waals surface area contributed by atoms with Crippen molar-refractivity contribution >= 4 is 23.2 Å². The number of halogens is 1. The number of rotatable bonds is 4. The van der Waals surface area contributed by atoms with Gasteiger partial charge in [0, 0.05) is 74.7 Å². The lowest BCUT2D eigenvalue weighted by atomic mass is 10.1. The average Bonchev–Trinajstić information content (AvgIpc) is 2.81. The summed E-state index contributed by atoms with van der Waals surface area (Å²) >= 11 is 6.00. The quantitative estimate of drug-likeness (QED) is 0.638. The highest BCUT2D eigenvalue weighted by atomic mass is 35.5. The first-order chi connectivity index (χ1) is 14.7. The fourth-order valence-electron chi connectivity index (χ4n) is 4.30. The van der Waals surface area contributed by atoms with Crippen LogP contribution in [-0.4, -0.2) is 47.6 Å². The van der Waals surface area contributed by atoms with E-state index in [1.54, 1.807) is 0 Å². The van der Waals surface area contributed by atoms with Crippen LogP contribution in [0.1, 0.15) is 16.8 Å². The fraction of sp³-hybridized carbons (Fsp3) is 0.333. The van der Waals surface area contributed by atoms with Crippen LogP contribution in [-0.2, 0) is 19.5 Å². The van der Waals surface area contributed by atoms with E-state index in [9.17, 15) is 0 Å². The number of hydrogen-bond acceptors (Lipinski definition) is 5. The zero-order chi connectivity index (χ0) is 20.3. The van der Waals surface area contributed by atoms with Gasteiger partial charge < -0.3 is 9.80 Å². The second-order valence-electron chi connectivity index (χ2n) is 8.04. The molecule has 3 aromatic rings. The zero-order valence-corrected chi connectivity index (χ0v) is 17.8. The predicted octanol–water partition coefficient (Wildman–Crippen LogP) is 4.01. The van der Waals surface area contributed by atoms with Crippen LogP contribution in [0, 0.1) is 0 Å². The van der Waals surface area contributed by atoms with E-state index in [-0.39, 0.29) is 0 Å². The summed E-state index contributed by atoms with van der Waals surface area (Å²) in [6, 6.07) is 18.8. The molecule has 1 aromatic heterocycles. The summed E-state index contributed by atoms with van der Waals surface area (Å²) in [5, 5.41) is 0.785. The van der Waals surface area contributed by atoms with Gasteiger partial charge in [-0.05, 0) is 29.8 Å². The van der Waals surface area contributed by atoms with E-state index in [1.807, 2.05) is 18.3 Å². The van der Waals surface area contributed by atoms with Crippen LogP contribution in [0.3, 0.4) is 0 Å². The van der Waals surface area contributed by atoms with Crippen LogP contribution in [0.4, 0.5) is 11.6 Å². The van der Waals surface area contributed by atoms with Crippen molar-refractivity contribution in [2.75, 3.05) is 42.5 Å². The van der Waals surface area contributed by atoms with Crippen molar-refractivity contribution in [1.29, 1.82) is 0 Å². The Hall–Kier alpha value is -2.63. The summed E-state index contributed by atoms with van der Waals surface area (Å²) in [4.78, 5) is 16.9. The number of piperazine rings is 1. The van der Waals surface area contributed by atoms with E-state index in [1.165, 1.54) is 22.5 Å². The van der Waals surface area contributed by atoms with Gasteiger partial charge in [0.2, 0.25) is 5.95 Å². The Bertz CT molecular complexity index is 984. The maximum atomic E-state index is 6.00. The highest BCUT2D eigenvalue weighted by Crippen LogP contribution is 2.23. The zero-order valence-electron chi connectivity index (χ0n) is 17.0. The highest BCUT2D eigenvalue weighted by molar-refractivity contribution is 6.30. The summed E-state index contributed by atoms with van der Waals surface area (Å²) in [5.74, 6) is 0.882. The van der Waals surface area contributed by atoms with E-state index < -0.39 is 0 Å². The smallest absolute Gasteiger partial charge is 0.225 e. The van der Waals surface area contributed by atoms with Gasteiger partial charge in [0.25, 0.3) is 0 Å². The van der Waals surface area contributed by atoms with Gasteiger partial charge in [-0.3, -0.25) is 4.90 Å². The van der Waals surface area contributed by atoms with Crippen molar-refractivity contribution in [2.24, 2.45) is 0 Å². The molecule has 0 spiro atoms. The molecule has 154 valence electrons. The van der Waals surface area contributed by atoms with Crippen LogP contribution >= 0.6 is 11.6 Å². The van der Waals surface area contributed by atoms with E-state index in [4.69, 9.17) is 21.6 Å². The molecule has 2 aliphatic heterocycles. The molecule has 5 nitrogen and oxygen atoms in total. The van der Waals surface area contributed by atoms with E-state index in [0.29, 0.717) is 0 Å². The van der Waals surface area contributed by atoms with E-state index in [2.05, 4.69) is 57.2 Å². The number of nitrogens with zero attached hydrogens (tertiary/aromatic N) is 5. The molecular formula is C24H26ClN5. The SMILES string of the molecule is Clc1ccc(CN2CCc3nc(N4CCN(c5ccccc5)CC4)ncc3C2)cc1. The Morgan fingerprint density at radius 1 is 0.833 bits per heavy atom. The minimum Gasteiger partial charge on any atom is -0.368 e. The Kier molecular flexibility index (Phi) is 5.56. The van der Waals surface area contributed by atoms with Gasteiger partial charge in [0.1, 0.15) is 0 Å². The molecule has 5 rings (SSSR count). The Labute approximate surface area is 182 Å². The predicted molar refractivity (Wildman–Crippen MR) is 122 cm³/mol. The lowest BCUT2D eigenvalue weighted by Crippen LogP contribution is -2.47. The number of fused-ring (bicyclic) bond motifs is 1. The molecule has 0 saturated carbocycles. The average molecular weight is 420 g/mol. The summed E-state index contributed by atoms with van der Waals surface area (Å²) in [6.45, 7) is 6.76. The third-order valence-electron chi connectivity index (χ3n) is 6.00. The first-order valence-electron chi connectivity index (χ1n) is 10.6. The molecule has 0 unspecified atom stereocenters. The van der Waals surface area contributed by atoms with Gasteiger partial charge in [-0.1, -0.05) is 41.9 Å². The van der Waals surface area contributed by atoms with Crippen LogP contribution < -0.4 is 9.80 Å². The van der Waals surface area contributed by atoms with Gasteiger partial charge in [0.05, 0.1) is 5.69 Å². The Balaban J connectivity index is 1.21. The molecule has 0 amide bonds. The topological polar surface area (TPSA) is 35.5 Å². The number of aromatic nitrogens is 2. The van der Waals surface area contributed by atoms with Crippen molar-refractivity contribution in [1.82, 2.24) is 14.9 Å². The minimum atomic E-state index is 0.785. The van der Waals surface area contributed by atoms with Gasteiger partial charge in [-0.15, -0.1) is 0 Å². The molecule has 1 saturated heterocycles. The van der Waals surface area contributed by atoms with Crippen LogP contribution in [0.25, 0.3) is 0 Å². The van der Waals surface area contributed by atoms with Crippen LogP contribution in [0.15, 0.2) is 60.8 Å². The number of hydrogen-bond donors (Lipinski definition) is 0. The lowest BCUT2D eigenvalue weighted by molar-refractivity contribution is 0.243. The molecule has 0 N–H and O–H groups in total. The van der Waals surface area contributed by atoms with Crippen molar-refractivity contribution in [3.05, 3.63) is 82.6 Å². The van der Waals surface area contributed by atoms with Crippen molar-refractivity contribution in [3.8, 4) is 0 Å². The molecule has 6 heteroatoms. The molecule has 3 heterocycles. The molecule has 0 radical (unpaired) electrons. The molecule has 30 heavy (non-hydrogen) atoms. The van der Waals surface area contributed by atoms with Crippen molar-refractivity contribution in [3.63, 3.8) is 0 Å². The largest absolute Gasteiger partial charge is 0.368 e.